The van der Waals surface area contributed by atoms with Crippen molar-refractivity contribution in [2.24, 2.45) is 0 Å². The molecule has 0 radical (unpaired) electrons. The van der Waals surface area contributed by atoms with E-state index in [0.29, 0.717) is 42.3 Å². The van der Waals surface area contributed by atoms with Crippen LogP contribution in [0.5, 0.6) is 0 Å². The topological polar surface area (TPSA) is 143 Å². The number of halogens is 4. The van der Waals surface area contributed by atoms with E-state index in [0.717, 1.165) is 5.56 Å². The second-order valence-electron chi connectivity index (χ2n) is 10.6. The van der Waals surface area contributed by atoms with Gasteiger partial charge in [-0.05, 0) is 44.5 Å². The number of aromatic nitrogens is 2. The van der Waals surface area contributed by atoms with Crippen LogP contribution >= 0.6 is 34.8 Å². The molecule has 1 aromatic carbocycles. The first kappa shape index (κ1) is 30.8. The highest BCUT2D eigenvalue weighted by molar-refractivity contribution is 6.39. The Morgan fingerprint density at radius 3 is 2.72 bits per heavy atom. The first-order valence-corrected chi connectivity index (χ1v) is 14.6. The number of nitrogens with one attached hydrogen (secondary N) is 3. The average Bonchev–Trinajstić information content (AvgIpc) is 3.10. The minimum absolute atomic E-state index is 0.000175. The third kappa shape index (κ3) is 5.35. The summed E-state index contributed by atoms with van der Waals surface area (Å²) in [6.45, 7) is 9.92. The maximum atomic E-state index is 15.6. The first-order chi connectivity index (χ1) is 20.3. The molecule has 0 spiro atoms. The van der Waals surface area contributed by atoms with Gasteiger partial charge < -0.3 is 31.3 Å². The molecule has 6 N–H and O–H groups in total. The molecule has 226 valence electrons. The van der Waals surface area contributed by atoms with Crippen LogP contribution < -0.4 is 16.4 Å². The van der Waals surface area contributed by atoms with Crippen molar-refractivity contribution in [3.63, 3.8) is 0 Å². The second kappa shape index (κ2) is 11.8. The van der Waals surface area contributed by atoms with Crippen molar-refractivity contribution in [2.45, 2.75) is 39.0 Å². The van der Waals surface area contributed by atoms with Crippen LogP contribution in [0.25, 0.3) is 11.3 Å². The lowest BCUT2D eigenvalue weighted by Crippen LogP contribution is -2.61. The number of hydrogen-bond acceptors (Lipinski definition) is 8. The number of piperazine rings is 1. The SMILES string of the molecule is C=CC(=O)N1CC2CNc3c(Cl)c(-c4c(N)c(Cl)cc(Cl)c4F)nc(Nc4c(C)ccnc4C(C)O)c3C(=N)N2CC1C. The largest absolute Gasteiger partial charge is 0.397 e. The number of aliphatic hydroxyl groups excluding tert-OH is 1. The highest BCUT2D eigenvalue weighted by Crippen LogP contribution is 2.46. The predicted octanol–water partition coefficient (Wildman–Crippen LogP) is 5.77. The summed E-state index contributed by atoms with van der Waals surface area (Å²) in [7, 11) is 0. The standard InChI is InChI=1S/C29H30Cl3FN8O2/c1-5-18(43)40-11-15-9-37-26-20(28(35)41(15)10-13(40)3)29(38-24-12(2)6-7-36-25(24)14(4)42)39-27(21(26)32)19-22(33)16(30)8-17(31)23(19)34/h5-8,13-15,35,37,42H,1,9-11,34H2,2-4H3,(H,38,39). The Hall–Kier alpha value is -3.64. The molecule has 1 saturated heterocycles. The van der Waals surface area contributed by atoms with Crippen LogP contribution in [0.3, 0.4) is 0 Å². The normalized spacial score (nSPS) is 18.7. The zero-order valence-corrected chi connectivity index (χ0v) is 25.9. The number of anilines is 4. The van der Waals surface area contributed by atoms with E-state index in [4.69, 9.17) is 45.5 Å². The molecule has 2 aliphatic rings. The number of fused-ring (bicyclic) bond motifs is 2. The Kier molecular flexibility index (Phi) is 8.45. The fraction of sp³-hybridized carbons (Fsp3) is 0.310. The molecule has 3 aromatic rings. The van der Waals surface area contributed by atoms with Crippen molar-refractivity contribution < 1.29 is 14.3 Å². The minimum Gasteiger partial charge on any atom is -0.397 e. The zero-order valence-electron chi connectivity index (χ0n) is 23.6. The van der Waals surface area contributed by atoms with Crippen molar-refractivity contribution in [3.05, 3.63) is 68.7 Å². The van der Waals surface area contributed by atoms with E-state index in [9.17, 15) is 15.3 Å². The Morgan fingerprint density at radius 1 is 1.33 bits per heavy atom. The fourth-order valence-electron chi connectivity index (χ4n) is 5.51. The van der Waals surface area contributed by atoms with Gasteiger partial charge in [0.2, 0.25) is 5.91 Å². The summed E-state index contributed by atoms with van der Waals surface area (Å²) in [5, 5.41) is 26.2. The summed E-state index contributed by atoms with van der Waals surface area (Å²) >= 11 is 19.4. The number of amides is 1. The summed E-state index contributed by atoms with van der Waals surface area (Å²) < 4.78 is 15.6. The van der Waals surface area contributed by atoms with Crippen molar-refractivity contribution in [2.75, 3.05) is 36.0 Å². The molecule has 5 rings (SSSR count). The maximum Gasteiger partial charge on any atom is 0.246 e. The zero-order chi connectivity index (χ0) is 31.3. The van der Waals surface area contributed by atoms with Crippen molar-refractivity contribution >= 4 is 69.4 Å². The lowest BCUT2D eigenvalue weighted by molar-refractivity contribution is -0.130. The summed E-state index contributed by atoms with van der Waals surface area (Å²) in [5.74, 6) is -0.840. The number of carbonyl (C=O) groups excluding carboxylic acids is 1. The molecule has 1 amide bonds. The van der Waals surface area contributed by atoms with Gasteiger partial charge in [0, 0.05) is 31.9 Å². The molecule has 0 bridgehead atoms. The summed E-state index contributed by atoms with van der Waals surface area (Å²) in [5.41, 5.74) is 8.03. The lowest BCUT2D eigenvalue weighted by atomic mass is 10.0. The van der Waals surface area contributed by atoms with Crippen LogP contribution in [0.4, 0.5) is 27.3 Å². The van der Waals surface area contributed by atoms with Crippen LogP contribution in [-0.4, -0.2) is 68.3 Å². The Morgan fingerprint density at radius 2 is 2.05 bits per heavy atom. The van der Waals surface area contributed by atoms with Crippen molar-refractivity contribution in [3.8, 4) is 11.3 Å². The van der Waals surface area contributed by atoms with Crippen LogP contribution in [0.1, 0.15) is 36.8 Å². The van der Waals surface area contributed by atoms with Gasteiger partial charge in [0.15, 0.2) is 5.82 Å². The minimum atomic E-state index is -0.939. The molecule has 4 heterocycles. The third-order valence-electron chi connectivity index (χ3n) is 7.75. The van der Waals surface area contributed by atoms with E-state index in [1.54, 1.807) is 24.1 Å². The molecule has 3 atom stereocenters. The number of amidine groups is 1. The van der Waals surface area contributed by atoms with Gasteiger partial charge in [0.05, 0.1) is 66.8 Å². The van der Waals surface area contributed by atoms with E-state index in [1.165, 1.54) is 12.1 Å². The molecule has 14 heteroatoms. The number of hydrogen-bond donors (Lipinski definition) is 5. The van der Waals surface area contributed by atoms with Crippen LogP contribution in [0, 0.1) is 18.2 Å². The van der Waals surface area contributed by atoms with E-state index in [-0.39, 0.29) is 61.7 Å². The van der Waals surface area contributed by atoms with E-state index in [2.05, 4.69) is 22.2 Å². The number of rotatable bonds is 5. The maximum absolute atomic E-state index is 15.6. The molecule has 0 aliphatic carbocycles. The Bertz CT molecular complexity index is 1640. The number of carbonyl (C=O) groups is 1. The Labute approximate surface area is 263 Å². The van der Waals surface area contributed by atoms with E-state index >= 15 is 4.39 Å². The summed E-state index contributed by atoms with van der Waals surface area (Å²) in [4.78, 5) is 25.2. The second-order valence-corrected chi connectivity index (χ2v) is 11.8. The van der Waals surface area contributed by atoms with Gasteiger partial charge in [0.1, 0.15) is 11.7 Å². The highest BCUT2D eigenvalue weighted by atomic mass is 35.5. The van der Waals surface area contributed by atoms with Gasteiger partial charge in [-0.15, -0.1) is 0 Å². The molecular weight excluding hydrogens is 618 g/mol. The molecule has 0 saturated carbocycles. The van der Waals surface area contributed by atoms with Gasteiger partial charge in [-0.25, -0.2) is 9.37 Å². The van der Waals surface area contributed by atoms with Gasteiger partial charge in [-0.2, -0.15) is 0 Å². The van der Waals surface area contributed by atoms with Gasteiger partial charge in [-0.3, -0.25) is 15.2 Å². The smallest absolute Gasteiger partial charge is 0.246 e. The van der Waals surface area contributed by atoms with Gasteiger partial charge in [0.25, 0.3) is 0 Å². The number of benzene rings is 1. The first-order valence-electron chi connectivity index (χ1n) is 13.4. The number of nitrogens with two attached hydrogens (primary N) is 1. The van der Waals surface area contributed by atoms with E-state index in [1.807, 2.05) is 18.7 Å². The number of pyridine rings is 2. The molecule has 10 nitrogen and oxygen atoms in total. The lowest BCUT2D eigenvalue weighted by Gasteiger charge is -2.45. The summed E-state index contributed by atoms with van der Waals surface area (Å²) in [6.07, 6.45) is 1.91. The monoisotopic (exact) mass is 646 g/mol. The molecule has 43 heavy (non-hydrogen) atoms. The fourth-order valence-corrected chi connectivity index (χ4v) is 6.27. The molecular formula is C29H30Cl3FN8O2. The average molecular weight is 648 g/mol. The third-order valence-corrected chi connectivity index (χ3v) is 8.70. The van der Waals surface area contributed by atoms with E-state index < -0.39 is 11.9 Å². The molecule has 3 unspecified atom stereocenters. The summed E-state index contributed by atoms with van der Waals surface area (Å²) in [6, 6.07) is 2.44. The van der Waals surface area contributed by atoms with Crippen molar-refractivity contribution in [1.82, 2.24) is 19.8 Å². The quantitative estimate of drug-likeness (QED) is 0.133. The number of aryl methyl sites for hydroxylation is 1. The van der Waals surface area contributed by atoms with Crippen LogP contribution in [0.2, 0.25) is 15.1 Å². The predicted molar refractivity (Wildman–Crippen MR) is 169 cm³/mol. The highest BCUT2D eigenvalue weighted by Gasteiger charge is 2.40. The molecule has 1 fully saturated rings. The van der Waals surface area contributed by atoms with Crippen LogP contribution in [-0.2, 0) is 4.79 Å². The number of nitrogen functional groups attached to an aromatic ring is 1. The van der Waals surface area contributed by atoms with Gasteiger partial charge in [-0.1, -0.05) is 41.4 Å². The van der Waals surface area contributed by atoms with Crippen molar-refractivity contribution in [1.29, 1.82) is 5.41 Å². The number of nitrogens with zero attached hydrogens (tertiary/aromatic N) is 4. The van der Waals surface area contributed by atoms with Gasteiger partial charge >= 0.3 is 0 Å². The Balaban J connectivity index is 1.75. The van der Waals surface area contributed by atoms with Crippen LogP contribution in [0.15, 0.2) is 31.0 Å². The number of aliphatic hydroxyl groups is 1. The molecule has 2 aliphatic heterocycles. The molecule has 2 aromatic heterocycles.